The average molecular weight is 312 g/mol. The van der Waals surface area contributed by atoms with Gasteiger partial charge in [0, 0.05) is 23.2 Å². The second-order valence-corrected chi connectivity index (χ2v) is 5.57. The van der Waals surface area contributed by atoms with Gasteiger partial charge in [0.25, 0.3) is 0 Å². The predicted molar refractivity (Wildman–Crippen MR) is 79.4 cm³/mol. The van der Waals surface area contributed by atoms with Crippen LogP contribution in [0.5, 0.6) is 0 Å². The van der Waals surface area contributed by atoms with E-state index in [2.05, 4.69) is 15.5 Å². The van der Waals surface area contributed by atoms with E-state index in [1.807, 2.05) is 7.05 Å². The number of hydrogen-bond acceptors (Lipinski definition) is 3. The highest BCUT2D eigenvalue weighted by Gasteiger charge is 2.26. The molecule has 3 N–H and O–H groups in total. The predicted octanol–water partition coefficient (Wildman–Crippen LogP) is 1.47. The first-order chi connectivity index (χ1) is 9.97. The number of likely N-dealkylation sites (N-methyl/N-ethyl adjacent to an activating group) is 1. The number of rotatable bonds is 4. The number of nitrogens with zero attached hydrogens (tertiary/aromatic N) is 1. The third-order valence-corrected chi connectivity index (χ3v) is 3.81. The number of amides is 2. The number of urea groups is 1. The zero-order valence-electron chi connectivity index (χ0n) is 11.7. The summed E-state index contributed by atoms with van der Waals surface area (Å²) in [6, 6.07) is 4.95. The van der Waals surface area contributed by atoms with Crippen LogP contribution in [0.1, 0.15) is 18.0 Å². The van der Waals surface area contributed by atoms with Gasteiger partial charge in [-0.3, -0.25) is 0 Å². The van der Waals surface area contributed by atoms with Crippen molar-refractivity contribution in [3.63, 3.8) is 0 Å². The van der Waals surface area contributed by atoms with Gasteiger partial charge < -0.3 is 20.6 Å². The summed E-state index contributed by atoms with van der Waals surface area (Å²) in [6.45, 7) is 1.68. The molecule has 2 atom stereocenters. The van der Waals surface area contributed by atoms with Crippen molar-refractivity contribution in [2.24, 2.45) is 0 Å². The van der Waals surface area contributed by atoms with Gasteiger partial charge in [-0.2, -0.15) is 0 Å². The highest BCUT2D eigenvalue weighted by Crippen LogP contribution is 2.22. The molecule has 114 valence electrons. The van der Waals surface area contributed by atoms with Gasteiger partial charge in [-0.25, -0.2) is 9.59 Å². The molecule has 2 amide bonds. The van der Waals surface area contributed by atoms with Crippen molar-refractivity contribution in [2.75, 3.05) is 20.1 Å². The molecule has 2 rings (SSSR count). The Kier molecular flexibility index (Phi) is 5.03. The lowest BCUT2D eigenvalue weighted by Crippen LogP contribution is -2.46. The summed E-state index contributed by atoms with van der Waals surface area (Å²) in [6.07, 6.45) is 0.855. The van der Waals surface area contributed by atoms with Crippen LogP contribution in [-0.4, -0.2) is 48.2 Å². The summed E-state index contributed by atoms with van der Waals surface area (Å²) < 4.78 is 0. The summed E-state index contributed by atoms with van der Waals surface area (Å²) in [5.74, 6) is -1.15. The van der Waals surface area contributed by atoms with Crippen molar-refractivity contribution in [1.82, 2.24) is 15.5 Å². The quantitative estimate of drug-likeness (QED) is 0.786. The molecule has 7 heteroatoms. The summed E-state index contributed by atoms with van der Waals surface area (Å²) in [4.78, 5) is 25.4. The van der Waals surface area contributed by atoms with Crippen LogP contribution in [0, 0.1) is 0 Å². The Morgan fingerprint density at radius 2 is 2.14 bits per heavy atom. The molecule has 0 aromatic heterocycles. The average Bonchev–Trinajstić information content (AvgIpc) is 2.82. The van der Waals surface area contributed by atoms with E-state index < -0.39 is 18.0 Å². The Balaban J connectivity index is 2.02. The minimum atomic E-state index is -1.17. The van der Waals surface area contributed by atoms with Crippen molar-refractivity contribution in [3.8, 4) is 0 Å². The maximum atomic E-state index is 12.0. The van der Waals surface area contributed by atoms with Crippen LogP contribution in [-0.2, 0) is 4.79 Å². The van der Waals surface area contributed by atoms with Crippen LogP contribution in [0.25, 0.3) is 0 Å². The number of nitrogens with one attached hydrogen (secondary N) is 2. The van der Waals surface area contributed by atoms with E-state index in [0.29, 0.717) is 10.6 Å². The normalized spacial score (nSPS) is 20.0. The first-order valence-electron chi connectivity index (χ1n) is 6.70. The van der Waals surface area contributed by atoms with Crippen molar-refractivity contribution in [2.45, 2.75) is 18.5 Å². The van der Waals surface area contributed by atoms with Crippen molar-refractivity contribution < 1.29 is 14.7 Å². The number of benzene rings is 1. The van der Waals surface area contributed by atoms with Crippen molar-refractivity contribution in [1.29, 1.82) is 0 Å². The highest BCUT2D eigenvalue weighted by atomic mass is 35.5. The standard InChI is InChI=1S/C14H18ClN3O3/c1-18-7-6-9(8-18)16-14(21)17-12(13(19)20)10-4-2-3-5-11(10)15/h2-5,9,12H,6-8H2,1H3,(H,19,20)(H2,16,17,21)/t9?,12-/m1/s1. The zero-order valence-corrected chi connectivity index (χ0v) is 12.4. The summed E-state index contributed by atoms with van der Waals surface area (Å²) in [5, 5.41) is 14.9. The molecule has 1 unspecified atom stereocenters. The molecule has 0 radical (unpaired) electrons. The highest BCUT2D eigenvalue weighted by molar-refractivity contribution is 6.31. The minimum Gasteiger partial charge on any atom is -0.479 e. The van der Waals surface area contributed by atoms with Crippen molar-refractivity contribution in [3.05, 3.63) is 34.9 Å². The van der Waals surface area contributed by atoms with Gasteiger partial charge in [0.05, 0.1) is 0 Å². The SMILES string of the molecule is CN1CCC(NC(=O)N[C@@H](C(=O)O)c2ccccc2Cl)C1. The number of halogens is 1. The van der Waals surface area contributed by atoms with Gasteiger partial charge in [-0.05, 0) is 26.1 Å². The molecule has 1 saturated heterocycles. The van der Waals surface area contributed by atoms with Crippen LogP contribution in [0.4, 0.5) is 4.79 Å². The van der Waals surface area contributed by atoms with E-state index >= 15 is 0 Å². The molecular weight excluding hydrogens is 294 g/mol. The third kappa shape index (κ3) is 4.09. The topological polar surface area (TPSA) is 81.7 Å². The van der Waals surface area contributed by atoms with E-state index in [0.717, 1.165) is 19.5 Å². The van der Waals surface area contributed by atoms with Gasteiger partial charge in [0.2, 0.25) is 0 Å². The monoisotopic (exact) mass is 311 g/mol. The fourth-order valence-corrected chi connectivity index (χ4v) is 2.64. The van der Waals surface area contributed by atoms with Gasteiger partial charge in [0.15, 0.2) is 6.04 Å². The van der Waals surface area contributed by atoms with E-state index in [4.69, 9.17) is 11.6 Å². The lowest BCUT2D eigenvalue weighted by atomic mass is 10.1. The van der Waals surface area contributed by atoms with Crippen molar-refractivity contribution >= 4 is 23.6 Å². The molecule has 0 bridgehead atoms. The van der Waals surface area contributed by atoms with Gasteiger partial charge >= 0.3 is 12.0 Å². The molecule has 1 aliphatic rings. The lowest BCUT2D eigenvalue weighted by Gasteiger charge is -2.19. The second kappa shape index (κ2) is 6.78. The number of carbonyl (C=O) groups excluding carboxylic acids is 1. The first kappa shape index (κ1) is 15.6. The van der Waals surface area contributed by atoms with Gasteiger partial charge in [0.1, 0.15) is 0 Å². The van der Waals surface area contributed by atoms with E-state index in [1.54, 1.807) is 24.3 Å². The molecule has 1 aliphatic heterocycles. The van der Waals surface area contributed by atoms with E-state index in [1.165, 1.54) is 0 Å². The van der Waals surface area contributed by atoms with Crippen LogP contribution >= 0.6 is 11.6 Å². The molecule has 0 saturated carbocycles. The number of carboxylic acids is 1. The summed E-state index contributed by atoms with van der Waals surface area (Å²) in [5.41, 5.74) is 0.366. The molecular formula is C14H18ClN3O3. The smallest absolute Gasteiger partial charge is 0.331 e. The molecule has 6 nitrogen and oxygen atoms in total. The van der Waals surface area contributed by atoms with Gasteiger partial charge in [-0.1, -0.05) is 29.8 Å². The van der Waals surface area contributed by atoms with E-state index in [-0.39, 0.29) is 6.04 Å². The summed E-state index contributed by atoms with van der Waals surface area (Å²) >= 11 is 5.99. The molecule has 1 heterocycles. The molecule has 1 aromatic carbocycles. The van der Waals surface area contributed by atoms with E-state index in [9.17, 15) is 14.7 Å². The number of carboxylic acid groups (broad SMARTS) is 1. The Morgan fingerprint density at radius 3 is 2.71 bits per heavy atom. The van der Waals surface area contributed by atoms with Gasteiger partial charge in [-0.15, -0.1) is 0 Å². The lowest BCUT2D eigenvalue weighted by molar-refractivity contribution is -0.139. The second-order valence-electron chi connectivity index (χ2n) is 5.16. The number of aliphatic carboxylic acids is 1. The molecule has 0 spiro atoms. The van der Waals surface area contributed by atoms with Crippen LogP contribution in [0.2, 0.25) is 5.02 Å². The van der Waals surface area contributed by atoms with Crippen LogP contribution < -0.4 is 10.6 Å². The zero-order chi connectivity index (χ0) is 15.4. The maximum absolute atomic E-state index is 12.0. The summed E-state index contributed by atoms with van der Waals surface area (Å²) in [7, 11) is 1.98. The largest absolute Gasteiger partial charge is 0.479 e. The number of carbonyl (C=O) groups is 2. The van der Waals surface area contributed by atoms with Crippen LogP contribution in [0.3, 0.4) is 0 Å². The molecule has 0 aliphatic carbocycles. The Labute approximate surface area is 128 Å². The Bertz CT molecular complexity index is 538. The Hall–Kier alpha value is -1.79. The maximum Gasteiger partial charge on any atom is 0.331 e. The third-order valence-electron chi connectivity index (χ3n) is 3.47. The fourth-order valence-electron chi connectivity index (χ4n) is 2.39. The molecule has 21 heavy (non-hydrogen) atoms. The minimum absolute atomic E-state index is 0.0377. The molecule has 1 fully saturated rings. The number of likely N-dealkylation sites (tertiary alicyclic amines) is 1. The first-order valence-corrected chi connectivity index (χ1v) is 7.08. The van der Waals surface area contributed by atoms with Crippen LogP contribution in [0.15, 0.2) is 24.3 Å². The number of hydrogen-bond donors (Lipinski definition) is 3. The Morgan fingerprint density at radius 1 is 1.43 bits per heavy atom. The molecule has 1 aromatic rings. The fraction of sp³-hybridized carbons (Fsp3) is 0.429.